The summed E-state index contributed by atoms with van der Waals surface area (Å²) in [5.74, 6) is 1.77. The molecule has 2 rings (SSSR count). The molecule has 0 saturated carbocycles. The number of rotatable bonds is 8. The number of amides is 1. The van der Waals surface area contributed by atoms with Crippen LogP contribution in [0.4, 0.5) is 0 Å². The second kappa shape index (κ2) is 9.46. The van der Waals surface area contributed by atoms with Gasteiger partial charge in [0.05, 0.1) is 26.5 Å². The van der Waals surface area contributed by atoms with Crippen LogP contribution in [0.5, 0.6) is 17.2 Å². The molecule has 26 heavy (non-hydrogen) atoms. The molecule has 0 aliphatic carbocycles. The summed E-state index contributed by atoms with van der Waals surface area (Å²) in [7, 11) is 3.18. The van der Waals surface area contributed by atoms with Gasteiger partial charge in [-0.2, -0.15) is 5.10 Å². The molecule has 0 aromatic heterocycles. The highest BCUT2D eigenvalue weighted by Gasteiger charge is 2.12. The molecule has 6 nitrogen and oxygen atoms in total. The standard InChI is InChI=1S/C20H24N2O4/c1-5-18(17-12-11-16(24-3)13-19(17)25-4)21-22-20(23)14-7-9-15(10-8-14)26-6-2/h7-13H,5-6H2,1-4H3,(H,22,23)/b21-18-. The lowest BCUT2D eigenvalue weighted by Crippen LogP contribution is -2.20. The SMILES string of the molecule is CCOc1ccc(C(=O)N/N=C(/CC)c2ccc(OC)cc2OC)cc1. The third kappa shape index (κ3) is 4.75. The quantitative estimate of drug-likeness (QED) is 0.579. The van der Waals surface area contributed by atoms with Crippen molar-refractivity contribution < 1.29 is 19.0 Å². The molecule has 0 fully saturated rings. The summed E-state index contributed by atoms with van der Waals surface area (Å²) in [6.07, 6.45) is 0.631. The van der Waals surface area contributed by atoms with Crippen LogP contribution in [0.2, 0.25) is 0 Å². The number of hydrogen-bond donors (Lipinski definition) is 1. The highest BCUT2D eigenvalue weighted by Crippen LogP contribution is 2.26. The first-order valence-electron chi connectivity index (χ1n) is 8.45. The van der Waals surface area contributed by atoms with E-state index in [9.17, 15) is 4.79 Å². The maximum atomic E-state index is 12.3. The molecule has 0 unspecified atom stereocenters. The number of nitrogens with one attached hydrogen (secondary N) is 1. The van der Waals surface area contributed by atoms with E-state index >= 15 is 0 Å². The van der Waals surface area contributed by atoms with E-state index in [2.05, 4.69) is 10.5 Å². The van der Waals surface area contributed by atoms with Crippen molar-refractivity contribution in [1.82, 2.24) is 5.43 Å². The number of hydrazone groups is 1. The van der Waals surface area contributed by atoms with Gasteiger partial charge in [0.15, 0.2) is 0 Å². The smallest absolute Gasteiger partial charge is 0.271 e. The molecule has 2 aromatic carbocycles. The predicted octanol–water partition coefficient (Wildman–Crippen LogP) is 3.65. The molecular formula is C20H24N2O4. The van der Waals surface area contributed by atoms with Crippen LogP contribution in [0.25, 0.3) is 0 Å². The van der Waals surface area contributed by atoms with E-state index < -0.39 is 0 Å². The summed E-state index contributed by atoms with van der Waals surface area (Å²) < 4.78 is 16.0. The Morgan fingerprint density at radius 1 is 1.00 bits per heavy atom. The third-order valence-electron chi connectivity index (χ3n) is 3.77. The lowest BCUT2D eigenvalue weighted by Gasteiger charge is -2.12. The first-order chi connectivity index (χ1) is 12.6. The summed E-state index contributed by atoms with van der Waals surface area (Å²) in [5.41, 5.74) is 4.63. The summed E-state index contributed by atoms with van der Waals surface area (Å²) in [6.45, 7) is 4.46. The largest absolute Gasteiger partial charge is 0.497 e. The van der Waals surface area contributed by atoms with Crippen molar-refractivity contribution in [2.24, 2.45) is 5.10 Å². The van der Waals surface area contributed by atoms with E-state index in [1.807, 2.05) is 26.0 Å². The Bertz CT molecular complexity index is 770. The van der Waals surface area contributed by atoms with Crippen molar-refractivity contribution >= 4 is 11.6 Å². The molecule has 6 heteroatoms. The van der Waals surface area contributed by atoms with E-state index in [0.29, 0.717) is 35.8 Å². The second-order valence-electron chi connectivity index (χ2n) is 5.38. The molecule has 0 heterocycles. The molecule has 0 aliphatic heterocycles. The Balaban J connectivity index is 2.17. The van der Waals surface area contributed by atoms with Crippen molar-refractivity contribution in [2.45, 2.75) is 20.3 Å². The molecular weight excluding hydrogens is 332 g/mol. The maximum Gasteiger partial charge on any atom is 0.271 e. The zero-order valence-corrected chi connectivity index (χ0v) is 15.5. The average molecular weight is 356 g/mol. The van der Waals surface area contributed by atoms with Crippen LogP contribution < -0.4 is 19.6 Å². The average Bonchev–Trinajstić information content (AvgIpc) is 2.69. The van der Waals surface area contributed by atoms with Crippen LogP contribution in [-0.2, 0) is 0 Å². The van der Waals surface area contributed by atoms with Gasteiger partial charge in [0.25, 0.3) is 5.91 Å². The van der Waals surface area contributed by atoms with Crippen LogP contribution in [0.15, 0.2) is 47.6 Å². The van der Waals surface area contributed by atoms with Crippen molar-refractivity contribution in [3.8, 4) is 17.2 Å². The van der Waals surface area contributed by atoms with Crippen LogP contribution in [0.1, 0.15) is 36.2 Å². The Kier molecular flexibility index (Phi) is 7.02. The number of carbonyl (C=O) groups excluding carboxylic acids is 1. The van der Waals surface area contributed by atoms with Crippen LogP contribution in [0, 0.1) is 0 Å². The van der Waals surface area contributed by atoms with Gasteiger partial charge in [-0.15, -0.1) is 0 Å². The normalized spacial score (nSPS) is 11.0. The van der Waals surface area contributed by atoms with Gasteiger partial charge >= 0.3 is 0 Å². The van der Waals surface area contributed by atoms with Crippen LogP contribution >= 0.6 is 0 Å². The summed E-state index contributed by atoms with van der Waals surface area (Å²) >= 11 is 0. The van der Waals surface area contributed by atoms with Crippen molar-refractivity contribution in [1.29, 1.82) is 0 Å². The molecule has 0 saturated heterocycles. The maximum absolute atomic E-state index is 12.3. The minimum atomic E-state index is -0.286. The van der Waals surface area contributed by atoms with Crippen LogP contribution in [-0.4, -0.2) is 32.4 Å². The molecule has 0 radical (unpaired) electrons. The Hall–Kier alpha value is -3.02. The molecule has 2 aromatic rings. The first kappa shape index (κ1) is 19.3. The van der Waals surface area contributed by atoms with E-state index in [4.69, 9.17) is 14.2 Å². The fourth-order valence-electron chi connectivity index (χ4n) is 2.42. The number of benzene rings is 2. The van der Waals surface area contributed by atoms with Crippen LogP contribution in [0.3, 0.4) is 0 Å². The number of nitrogens with zero attached hydrogens (tertiary/aromatic N) is 1. The Morgan fingerprint density at radius 3 is 2.27 bits per heavy atom. The molecule has 1 N–H and O–H groups in total. The molecule has 1 amide bonds. The highest BCUT2D eigenvalue weighted by molar-refractivity contribution is 6.04. The van der Waals surface area contributed by atoms with E-state index in [1.54, 1.807) is 44.6 Å². The molecule has 0 aliphatic rings. The first-order valence-corrected chi connectivity index (χ1v) is 8.45. The zero-order chi connectivity index (χ0) is 18.9. The number of hydrogen-bond acceptors (Lipinski definition) is 5. The number of ether oxygens (including phenoxy) is 3. The summed E-state index contributed by atoms with van der Waals surface area (Å²) in [4.78, 5) is 12.3. The monoisotopic (exact) mass is 356 g/mol. The Morgan fingerprint density at radius 2 is 1.69 bits per heavy atom. The number of methoxy groups -OCH3 is 2. The second-order valence-corrected chi connectivity index (χ2v) is 5.38. The number of carbonyl (C=O) groups is 1. The van der Waals surface area contributed by atoms with Crippen molar-refractivity contribution in [3.05, 3.63) is 53.6 Å². The summed E-state index contributed by atoms with van der Waals surface area (Å²) in [5, 5.41) is 4.28. The predicted molar refractivity (Wildman–Crippen MR) is 101 cm³/mol. The highest BCUT2D eigenvalue weighted by atomic mass is 16.5. The van der Waals surface area contributed by atoms with Crippen molar-refractivity contribution in [3.63, 3.8) is 0 Å². The minimum absolute atomic E-state index is 0.286. The fourth-order valence-corrected chi connectivity index (χ4v) is 2.42. The zero-order valence-electron chi connectivity index (χ0n) is 15.5. The summed E-state index contributed by atoms with van der Waals surface area (Å²) in [6, 6.07) is 12.4. The van der Waals surface area contributed by atoms with Gasteiger partial charge in [-0.3, -0.25) is 4.79 Å². The molecule has 0 atom stereocenters. The van der Waals surface area contributed by atoms with Gasteiger partial charge in [0.2, 0.25) is 0 Å². The van der Waals surface area contributed by atoms with Crippen molar-refractivity contribution in [2.75, 3.05) is 20.8 Å². The van der Waals surface area contributed by atoms with Gasteiger partial charge in [-0.25, -0.2) is 5.43 Å². The minimum Gasteiger partial charge on any atom is -0.497 e. The Labute approximate surface area is 153 Å². The lowest BCUT2D eigenvalue weighted by molar-refractivity contribution is 0.0954. The van der Waals surface area contributed by atoms with E-state index in [-0.39, 0.29) is 5.91 Å². The third-order valence-corrected chi connectivity index (χ3v) is 3.77. The molecule has 0 bridgehead atoms. The van der Waals surface area contributed by atoms with Gasteiger partial charge in [0, 0.05) is 17.2 Å². The van der Waals surface area contributed by atoms with E-state index in [1.165, 1.54) is 0 Å². The van der Waals surface area contributed by atoms with E-state index in [0.717, 1.165) is 11.3 Å². The van der Waals surface area contributed by atoms with Gasteiger partial charge in [-0.05, 0) is 49.7 Å². The van der Waals surface area contributed by atoms with Gasteiger partial charge < -0.3 is 14.2 Å². The van der Waals surface area contributed by atoms with Gasteiger partial charge in [0.1, 0.15) is 17.2 Å². The molecule has 138 valence electrons. The topological polar surface area (TPSA) is 69.2 Å². The fraction of sp³-hybridized carbons (Fsp3) is 0.300. The molecule has 0 spiro atoms. The van der Waals surface area contributed by atoms with Gasteiger partial charge in [-0.1, -0.05) is 6.92 Å². The lowest BCUT2D eigenvalue weighted by atomic mass is 10.1.